The van der Waals surface area contributed by atoms with E-state index in [1.54, 1.807) is 0 Å². The van der Waals surface area contributed by atoms with Gasteiger partial charge in [-0.25, -0.2) is 0 Å². The summed E-state index contributed by atoms with van der Waals surface area (Å²) < 4.78 is 17.8. The second-order valence-electron chi connectivity index (χ2n) is 6.26. The first-order valence-electron chi connectivity index (χ1n) is 7.66. The molecule has 0 aromatic heterocycles. The lowest BCUT2D eigenvalue weighted by Crippen LogP contribution is -2.44. The van der Waals surface area contributed by atoms with Crippen LogP contribution in [0.15, 0.2) is 12.1 Å². The minimum atomic E-state index is -0.110. The van der Waals surface area contributed by atoms with Crippen molar-refractivity contribution in [3.8, 4) is 5.75 Å². The van der Waals surface area contributed by atoms with Crippen LogP contribution in [-0.4, -0.2) is 31.5 Å². The Morgan fingerprint density at radius 2 is 2.05 bits per heavy atom. The molecule has 3 rings (SSSR count). The van der Waals surface area contributed by atoms with Gasteiger partial charge in [0.25, 0.3) is 0 Å². The van der Waals surface area contributed by atoms with Gasteiger partial charge in [-0.3, -0.25) is 0 Å². The maximum absolute atomic E-state index is 6.32. The van der Waals surface area contributed by atoms with Crippen LogP contribution in [0.2, 0.25) is 0 Å². The molecule has 0 bridgehead atoms. The van der Waals surface area contributed by atoms with Crippen molar-refractivity contribution in [2.45, 2.75) is 50.7 Å². The van der Waals surface area contributed by atoms with E-state index in [4.69, 9.17) is 25.8 Å². The molecule has 0 N–H and O–H groups in total. The Morgan fingerprint density at radius 3 is 2.67 bits per heavy atom. The summed E-state index contributed by atoms with van der Waals surface area (Å²) >= 11 is 5.93. The van der Waals surface area contributed by atoms with Gasteiger partial charge in [0.1, 0.15) is 11.9 Å². The zero-order valence-electron chi connectivity index (χ0n) is 12.8. The zero-order valence-corrected chi connectivity index (χ0v) is 13.5. The molecule has 21 heavy (non-hydrogen) atoms. The van der Waals surface area contributed by atoms with Crippen molar-refractivity contribution >= 4 is 11.6 Å². The molecule has 0 radical (unpaired) electrons. The monoisotopic (exact) mass is 310 g/mol. The topological polar surface area (TPSA) is 27.7 Å². The highest BCUT2D eigenvalue weighted by molar-refractivity contribution is 6.17. The smallest absolute Gasteiger partial charge is 0.125 e. The highest BCUT2D eigenvalue weighted by atomic mass is 35.5. The summed E-state index contributed by atoms with van der Waals surface area (Å²) in [5.41, 5.74) is 3.36. The third kappa shape index (κ3) is 3.20. The first kappa shape index (κ1) is 15.1. The molecular weight excluding hydrogens is 288 g/mol. The number of hydrogen-bond donors (Lipinski definition) is 0. The van der Waals surface area contributed by atoms with E-state index in [0.29, 0.717) is 12.5 Å². The first-order valence-corrected chi connectivity index (χ1v) is 8.20. The van der Waals surface area contributed by atoms with Crippen molar-refractivity contribution in [1.29, 1.82) is 0 Å². The number of ether oxygens (including phenoxy) is 3. The van der Waals surface area contributed by atoms with Crippen molar-refractivity contribution in [2.24, 2.45) is 0 Å². The van der Waals surface area contributed by atoms with Crippen LogP contribution in [0.25, 0.3) is 0 Å². The minimum absolute atomic E-state index is 0.110. The largest absolute Gasteiger partial charge is 0.490 e. The summed E-state index contributed by atoms with van der Waals surface area (Å²) in [6.45, 7) is 6.44. The lowest BCUT2D eigenvalue weighted by atomic mass is 9.91. The van der Waals surface area contributed by atoms with Crippen LogP contribution in [0.4, 0.5) is 0 Å². The first-order chi connectivity index (χ1) is 10.1. The van der Waals surface area contributed by atoms with Gasteiger partial charge in [-0.15, -0.1) is 11.6 Å². The van der Waals surface area contributed by atoms with Gasteiger partial charge in [0.05, 0.1) is 18.8 Å². The molecule has 1 aromatic rings. The van der Waals surface area contributed by atoms with Crippen LogP contribution in [-0.2, 0) is 15.4 Å². The van der Waals surface area contributed by atoms with E-state index in [0.717, 1.165) is 54.9 Å². The molecule has 1 aromatic carbocycles. The number of rotatable bonds is 3. The molecular formula is C17H23ClO3. The third-order valence-corrected chi connectivity index (χ3v) is 4.78. The number of hydrogen-bond acceptors (Lipinski definition) is 3. The van der Waals surface area contributed by atoms with Crippen LogP contribution in [0.5, 0.6) is 5.75 Å². The van der Waals surface area contributed by atoms with E-state index in [1.807, 2.05) is 0 Å². The average molecular weight is 311 g/mol. The van der Waals surface area contributed by atoms with Gasteiger partial charge in [0, 0.05) is 31.7 Å². The Balaban J connectivity index is 1.74. The molecule has 3 nitrogen and oxygen atoms in total. The maximum atomic E-state index is 6.32. The van der Waals surface area contributed by atoms with Crippen LogP contribution in [0.3, 0.4) is 0 Å². The van der Waals surface area contributed by atoms with E-state index in [2.05, 4.69) is 26.0 Å². The molecule has 2 saturated heterocycles. The van der Waals surface area contributed by atoms with Gasteiger partial charge in [0.15, 0.2) is 0 Å². The molecule has 0 aliphatic carbocycles. The van der Waals surface area contributed by atoms with E-state index in [9.17, 15) is 0 Å². The zero-order chi connectivity index (χ0) is 14.9. The standard InChI is InChI=1S/C17H23ClO3/c1-12-7-14(10-18)8-13(2)16(12)21-15-3-5-20-17(9-15)4-6-19-11-17/h7-8,15H,3-6,9-11H2,1-2H3. The minimum Gasteiger partial charge on any atom is -0.490 e. The number of benzene rings is 1. The van der Waals surface area contributed by atoms with Gasteiger partial charge >= 0.3 is 0 Å². The van der Waals surface area contributed by atoms with Crippen molar-refractivity contribution in [3.05, 3.63) is 28.8 Å². The fourth-order valence-corrected chi connectivity index (χ4v) is 3.57. The molecule has 2 atom stereocenters. The highest BCUT2D eigenvalue weighted by Crippen LogP contribution is 2.36. The van der Waals surface area contributed by atoms with Crippen LogP contribution < -0.4 is 4.74 Å². The predicted octanol–water partition coefficient (Wildman–Crippen LogP) is 3.76. The second-order valence-corrected chi connectivity index (χ2v) is 6.53. The second kappa shape index (κ2) is 6.15. The molecule has 2 heterocycles. The summed E-state index contributed by atoms with van der Waals surface area (Å²) in [4.78, 5) is 0. The normalized spacial score (nSPS) is 29.0. The highest BCUT2D eigenvalue weighted by Gasteiger charge is 2.42. The molecule has 0 amide bonds. The van der Waals surface area contributed by atoms with E-state index >= 15 is 0 Å². The van der Waals surface area contributed by atoms with Gasteiger partial charge in [-0.05, 0) is 30.5 Å². The summed E-state index contributed by atoms with van der Waals surface area (Å²) in [6, 6.07) is 4.23. The quantitative estimate of drug-likeness (QED) is 0.796. The molecule has 2 unspecified atom stereocenters. The van der Waals surface area contributed by atoms with Crippen molar-refractivity contribution in [1.82, 2.24) is 0 Å². The van der Waals surface area contributed by atoms with Gasteiger partial charge < -0.3 is 14.2 Å². The number of aryl methyl sites for hydroxylation is 2. The summed E-state index contributed by atoms with van der Waals surface area (Å²) in [5.74, 6) is 1.55. The van der Waals surface area contributed by atoms with Crippen molar-refractivity contribution in [2.75, 3.05) is 19.8 Å². The summed E-state index contributed by atoms with van der Waals surface area (Å²) in [7, 11) is 0. The Labute approximate surface area is 131 Å². The third-order valence-electron chi connectivity index (χ3n) is 4.47. The van der Waals surface area contributed by atoms with Crippen LogP contribution >= 0.6 is 11.6 Å². The molecule has 0 saturated carbocycles. The molecule has 116 valence electrons. The summed E-state index contributed by atoms with van der Waals surface area (Å²) in [5, 5.41) is 0. The van der Waals surface area contributed by atoms with Gasteiger partial charge in [-0.1, -0.05) is 12.1 Å². The Kier molecular flexibility index (Phi) is 4.43. The van der Waals surface area contributed by atoms with E-state index in [-0.39, 0.29) is 11.7 Å². The molecule has 2 aliphatic rings. The number of halogens is 1. The van der Waals surface area contributed by atoms with Crippen molar-refractivity contribution < 1.29 is 14.2 Å². The predicted molar refractivity (Wildman–Crippen MR) is 83.2 cm³/mol. The Bertz CT molecular complexity index is 486. The molecule has 2 aliphatic heterocycles. The molecule has 4 heteroatoms. The average Bonchev–Trinajstić information content (AvgIpc) is 2.90. The maximum Gasteiger partial charge on any atom is 0.125 e. The fraction of sp³-hybridized carbons (Fsp3) is 0.647. The Morgan fingerprint density at radius 1 is 1.29 bits per heavy atom. The van der Waals surface area contributed by atoms with Gasteiger partial charge in [0.2, 0.25) is 0 Å². The molecule has 1 spiro atoms. The number of alkyl halides is 1. The van der Waals surface area contributed by atoms with Crippen molar-refractivity contribution in [3.63, 3.8) is 0 Å². The van der Waals surface area contributed by atoms with Gasteiger partial charge in [-0.2, -0.15) is 0 Å². The summed E-state index contributed by atoms with van der Waals surface area (Å²) in [6.07, 6.45) is 3.05. The van der Waals surface area contributed by atoms with Crippen LogP contribution in [0.1, 0.15) is 36.0 Å². The lowest BCUT2D eigenvalue weighted by Gasteiger charge is -2.37. The molecule has 2 fully saturated rings. The fourth-order valence-electron chi connectivity index (χ4n) is 3.42. The SMILES string of the molecule is Cc1cc(CCl)cc(C)c1OC1CCOC2(CCOC2)C1. The van der Waals surface area contributed by atoms with E-state index < -0.39 is 0 Å². The van der Waals surface area contributed by atoms with E-state index in [1.165, 1.54) is 0 Å². The lowest BCUT2D eigenvalue weighted by molar-refractivity contribution is -0.112. The van der Waals surface area contributed by atoms with Crippen LogP contribution in [0, 0.1) is 13.8 Å². The Hall–Kier alpha value is -0.770.